The van der Waals surface area contributed by atoms with Gasteiger partial charge in [0.15, 0.2) is 0 Å². The van der Waals surface area contributed by atoms with E-state index in [1.807, 2.05) is 6.07 Å². The van der Waals surface area contributed by atoms with Gasteiger partial charge in [0.25, 0.3) is 0 Å². The molecule has 1 aliphatic heterocycles. The zero-order chi connectivity index (χ0) is 15.5. The highest BCUT2D eigenvalue weighted by Crippen LogP contribution is 2.38. The number of methoxy groups -OCH3 is 1. The summed E-state index contributed by atoms with van der Waals surface area (Å²) >= 11 is 0. The molecule has 0 radical (unpaired) electrons. The molecule has 4 nitrogen and oxygen atoms in total. The lowest BCUT2D eigenvalue weighted by Gasteiger charge is -2.44. The molecule has 1 heterocycles. The van der Waals surface area contributed by atoms with Crippen molar-refractivity contribution in [2.45, 2.75) is 37.6 Å². The minimum absolute atomic E-state index is 0.617. The topological polar surface area (TPSA) is 41.7 Å². The van der Waals surface area contributed by atoms with Crippen LogP contribution in [0, 0.1) is 0 Å². The lowest BCUT2D eigenvalue weighted by Crippen LogP contribution is -2.51. The number of nitrogen functional groups attached to an aromatic ring is 1. The summed E-state index contributed by atoms with van der Waals surface area (Å²) in [7, 11) is 3.93. The van der Waals surface area contributed by atoms with Crippen LogP contribution in [0.3, 0.4) is 0 Å². The predicted molar refractivity (Wildman–Crippen MR) is 91.5 cm³/mol. The second kappa shape index (κ2) is 6.88. The van der Waals surface area contributed by atoms with E-state index in [9.17, 15) is 0 Å². The monoisotopic (exact) mass is 303 g/mol. The molecule has 2 atom stereocenters. The van der Waals surface area contributed by atoms with Crippen LogP contribution >= 0.6 is 0 Å². The van der Waals surface area contributed by atoms with E-state index >= 15 is 0 Å². The van der Waals surface area contributed by atoms with Gasteiger partial charge in [0, 0.05) is 32.2 Å². The standard InChI is InChI=1S/C18H29N3O/c1-20-9-11-21(12-10-20)17-6-4-3-5-15(17)14-7-8-16(19)18(13-14)22-2/h7-8,13,15,17H,3-6,9-12,19H2,1-2H3. The van der Waals surface area contributed by atoms with Gasteiger partial charge in [-0.1, -0.05) is 18.9 Å². The van der Waals surface area contributed by atoms with Gasteiger partial charge in [-0.15, -0.1) is 0 Å². The third kappa shape index (κ3) is 3.23. The van der Waals surface area contributed by atoms with E-state index in [0.717, 1.165) is 11.4 Å². The molecule has 1 saturated heterocycles. The van der Waals surface area contributed by atoms with Crippen LogP contribution in [0.1, 0.15) is 37.2 Å². The van der Waals surface area contributed by atoms with Crippen LogP contribution in [-0.2, 0) is 0 Å². The first-order chi connectivity index (χ1) is 10.7. The molecule has 22 heavy (non-hydrogen) atoms. The molecule has 0 bridgehead atoms. The van der Waals surface area contributed by atoms with Crippen LogP contribution in [0.15, 0.2) is 18.2 Å². The zero-order valence-corrected chi connectivity index (χ0v) is 13.9. The summed E-state index contributed by atoms with van der Waals surface area (Å²) in [4.78, 5) is 5.15. The number of ether oxygens (including phenoxy) is 1. The molecular weight excluding hydrogens is 274 g/mol. The average molecular weight is 303 g/mol. The molecule has 4 heteroatoms. The molecule has 2 unspecified atom stereocenters. The fourth-order valence-corrected chi connectivity index (χ4v) is 4.05. The van der Waals surface area contributed by atoms with Crippen molar-refractivity contribution >= 4 is 5.69 Å². The summed E-state index contributed by atoms with van der Waals surface area (Å²) in [6.45, 7) is 4.77. The minimum atomic E-state index is 0.617. The maximum Gasteiger partial charge on any atom is 0.142 e. The maximum atomic E-state index is 5.98. The number of nitrogens with two attached hydrogens (primary N) is 1. The van der Waals surface area contributed by atoms with Crippen LogP contribution in [0.4, 0.5) is 5.69 Å². The highest BCUT2D eigenvalue weighted by atomic mass is 16.5. The number of rotatable bonds is 3. The van der Waals surface area contributed by atoms with Crippen LogP contribution in [-0.4, -0.2) is 56.2 Å². The summed E-state index contributed by atoms with van der Waals surface area (Å²) in [5.74, 6) is 1.44. The third-order valence-electron chi connectivity index (χ3n) is 5.42. The molecule has 1 aromatic rings. The van der Waals surface area contributed by atoms with E-state index in [1.165, 1.54) is 57.4 Å². The average Bonchev–Trinajstić information content (AvgIpc) is 2.56. The molecule has 2 fully saturated rings. The van der Waals surface area contributed by atoms with Crippen molar-refractivity contribution < 1.29 is 4.74 Å². The van der Waals surface area contributed by atoms with E-state index in [-0.39, 0.29) is 0 Å². The smallest absolute Gasteiger partial charge is 0.142 e. The van der Waals surface area contributed by atoms with E-state index in [0.29, 0.717) is 12.0 Å². The Labute approximate surface area is 134 Å². The van der Waals surface area contributed by atoms with Gasteiger partial charge in [-0.2, -0.15) is 0 Å². The molecule has 3 rings (SSSR count). The second-order valence-corrected chi connectivity index (χ2v) is 6.80. The number of anilines is 1. The minimum Gasteiger partial charge on any atom is -0.495 e. The van der Waals surface area contributed by atoms with Crippen LogP contribution in [0.25, 0.3) is 0 Å². The van der Waals surface area contributed by atoms with Gasteiger partial charge in [-0.05, 0) is 43.5 Å². The van der Waals surface area contributed by atoms with Crippen molar-refractivity contribution in [3.8, 4) is 5.75 Å². The van der Waals surface area contributed by atoms with Crippen molar-refractivity contribution in [3.63, 3.8) is 0 Å². The Balaban J connectivity index is 1.80. The van der Waals surface area contributed by atoms with Gasteiger partial charge in [-0.3, -0.25) is 4.90 Å². The van der Waals surface area contributed by atoms with Crippen molar-refractivity contribution in [2.24, 2.45) is 0 Å². The molecule has 0 aromatic heterocycles. The summed E-state index contributed by atoms with van der Waals surface area (Å²) in [5, 5.41) is 0. The number of likely N-dealkylation sites (N-methyl/N-ethyl adjacent to an activating group) is 1. The van der Waals surface area contributed by atoms with E-state index < -0.39 is 0 Å². The van der Waals surface area contributed by atoms with Gasteiger partial charge < -0.3 is 15.4 Å². The predicted octanol–water partition coefficient (Wildman–Crippen LogP) is 2.55. The Morgan fingerprint density at radius 2 is 1.82 bits per heavy atom. The molecule has 122 valence electrons. The number of hydrogen-bond donors (Lipinski definition) is 1. The Morgan fingerprint density at radius 1 is 1.09 bits per heavy atom. The van der Waals surface area contributed by atoms with E-state index in [4.69, 9.17) is 10.5 Å². The van der Waals surface area contributed by atoms with E-state index in [2.05, 4.69) is 29.0 Å². The van der Waals surface area contributed by atoms with Crippen molar-refractivity contribution in [1.82, 2.24) is 9.80 Å². The number of nitrogens with zero attached hydrogens (tertiary/aromatic N) is 2. The maximum absolute atomic E-state index is 5.98. The molecule has 2 aliphatic rings. The summed E-state index contributed by atoms with van der Waals surface area (Å²) < 4.78 is 5.43. The normalized spacial score (nSPS) is 27.7. The van der Waals surface area contributed by atoms with Gasteiger partial charge in [0.1, 0.15) is 5.75 Å². The van der Waals surface area contributed by atoms with E-state index in [1.54, 1.807) is 7.11 Å². The summed E-state index contributed by atoms with van der Waals surface area (Å²) in [6.07, 6.45) is 5.30. The van der Waals surface area contributed by atoms with Crippen molar-refractivity contribution in [3.05, 3.63) is 23.8 Å². The van der Waals surface area contributed by atoms with Crippen LogP contribution in [0.5, 0.6) is 5.75 Å². The van der Waals surface area contributed by atoms with Crippen molar-refractivity contribution in [2.75, 3.05) is 46.1 Å². The highest BCUT2D eigenvalue weighted by Gasteiger charge is 2.32. The number of piperazine rings is 1. The van der Waals surface area contributed by atoms with Gasteiger partial charge in [-0.25, -0.2) is 0 Å². The first kappa shape index (κ1) is 15.6. The summed E-state index contributed by atoms with van der Waals surface area (Å²) in [5.41, 5.74) is 8.11. The Hall–Kier alpha value is -1.26. The zero-order valence-electron chi connectivity index (χ0n) is 13.9. The molecule has 0 amide bonds. The number of hydrogen-bond acceptors (Lipinski definition) is 4. The number of benzene rings is 1. The van der Waals surface area contributed by atoms with Crippen LogP contribution < -0.4 is 10.5 Å². The molecule has 0 spiro atoms. The largest absolute Gasteiger partial charge is 0.495 e. The lowest BCUT2D eigenvalue weighted by molar-refractivity contribution is 0.0789. The SMILES string of the molecule is COc1cc(C2CCCCC2N2CCN(C)CC2)ccc1N. The molecule has 1 aliphatic carbocycles. The fraction of sp³-hybridized carbons (Fsp3) is 0.667. The molecule has 1 aromatic carbocycles. The Bertz CT molecular complexity index is 497. The lowest BCUT2D eigenvalue weighted by atomic mass is 9.79. The quantitative estimate of drug-likeness (QED) is 0.871. The highest BCUT2D eigenvalue weighted by molar-refractivity contribution is 5.54. The summed E-state index contributed by atoms with van der Waals surface area (Å²) in [6, 6.07) is 7.05. The van der Waals surface area contributed by atoms with Crippen molar-refractivity contribution in [1.29, 1.82) is 0 Å². The first-order valence-electron chi connectivity index (χ1n) is 8.55. The van der Waals surface area contributed by atoms with Gasteiger partial charge in [0.2, 0.25) is 0 Å². The van der Waals surface area contributed by atoms with Crippen LogP contribution in [0.2, 0.25) is 0 Å². The fourth-order valence-electron chi connectivity index (χ4n) is 4.05. The third-order valence-corrected chi connectivity index (χ3v) is 5.42. The van der Waals surface area contributed by atoms with Gasteiger partial charge in [0.05, 0.1) is 12.8 Å². The Kier molecular flexibility index (Phi) is 4.89. The Morgan fingerprint density at radius 3 is 2.55 bits per heavy atom. The second-order valence-electron chi connectivity index (χ2n) is 6.80. The van der Waals surface area contributed by atoms with Gasteiger partial charge >= 0.3 is 0 Å². The first-order valence-corrected chi connectivity index (χ1v) is 8.55. The molecule has 2 N–H and O–H groups in total. The molecular formula is C18H29N3O. The molecule has 1 saturated carbocycles.